The lowest BCUT2D eigenvalue weighted by Gasteiger charge is -2.40. The first-order valence-corrected chi connectivity index (χ1v) is 33.4. The van der Waals surface area contributed by atoms with Gasteiger partial charge in [-0.25, -0.2) is 0 Å². The van der Waals surface area contributed by atoms with E-state index >= 15 is 0 Å². The average Bonchev–Trinajstić information content (AvgIpc) is 3.42. The van der Waals surface area contributed by atoms with Crippen LogP contribution in [-0.2, 0) is 14.3 Å². The van der Waals surface area contributed by atoms with Crippen LogP contribution in [0.4, 0.5) is 0 Å². The Balaban J connectivity index is 2.22. The van der Waals surface area contributed by atoms with Crippen LogP contribution >= 0.6 is 0 Å². The number of ether oxygens (including phenoxy) is 2. The van der Waals surface area contributed by atoms with Gasteiger partial charge in [-0.1, -0.05) is 328 Å². The molecule has 0 bridgehead atoms. The van der Waals surface area contributed by atoms with Gasteiger partial charge in [-0.2, -0.15) is 0 Å². The van der Waals surface area contributed by atoms with Crippen molar-refractivity contribution in [2.75, 3.05) is 13.2 Å². The maximum Gasteiger partial charge on any atom is 0.249 e. The number of nitrogens with one attached hydrogen (secondary N) is 1. The number of aliphatic hydroxyl groups excluding tert-OH is 7. The number of amides is 1. The van der Waals surface area contributed by atoms with Gasteiger partial charge < -0.3 is 50.5 Å². The van der Waals surface area contributed by atoms with Crippen LogP contribution in [0.15, 0.2) is 0 Å². The number of rotatable bonds is 59. The highest BCUT2D eigenvalue weighted by molar-refractivity contribution is 5.80. The summed E-state index contributed by atoms with van der Waals surface area (Å²) < 4.78 is 11.2. The Morgan fingerprint density at radius 3 is 0.974 bits per heavy atom. The molecule has 1 heterocycles. The molecule has 11 nitrogen and oxygen atoms in total. The number of carbonyl (C=O) groups is 1. The van der Waals surface area contributed by atoms with Crippen molar-refractivity contribution < 1.29 is 50.0 Å². The third kappa shape index (κ3) is 42.0. The van der Waals surface area contributed by atoms with Gasteiger partial charge in [0.25, 0.3) is 0 Å². The lowest BCUT2D eigenvalue weighted by atomic mass is 9.98. The first kappa shape index (κ1) is 73.1. The van der Waals surface area contributed by atoms with Crippen LogP contribution in [0.25, 0.3) is 0 Å². The number of aliphatic hydroxyl groups is 7. The van der Waals surface area contributed by atoms with Crippen LogP contribution in [0.5, 0.6) is 0 Å². The van der Waals surface area contributed by atoms with Gasteiger partial charge in [0.2, 0.25) is 5.91 Å². The maximum absolute atomic E-state index is 13.2. The molecule has 0 aromatic rings. The van der Waals surface area contributed by atoms with E-state index in [1.807, 2.05) is 0 Å². The SMILES string of the molecule is CCCCCCCCCCCCCCCCCCCCCCCCCCCCC(O)C(O)C(COC1OC(CO)C(O)C(O)C1O)NC(=O)C(O)CCCCCCCCCCCCCCCCCCCCCCCCC. The van der Waals surface area contributed by atoms with E-state index in [4.69, 9.17) is 9.47 Å². The Morgan fingerprint density at radius 1 is 0.408 bits per heavy atom. The molecule has 0 aromatic heterocycles. The molecule has 1 rings (SSSR count). The second-order valence-corrected chi connectivity index (χ2v) is 23.9. The van der Waals surface area contributed by atoms with Crippen LogP contribution in [0.1, 0.15) is 341 Å². The van der Waals surface area contributed by atoms with Crippen molar-refractivity contribution in [3.8, 4) is 0 Å². The van der Waals surface area contributed by atoms with Gasteiger partial charge in [-0.3, -0.25) is 4.79 Å². The molecule has 9 atom stereocenters. The van der Waals surface area contributed by atoms with E-state index in [1.165, 1.54) is 263 Å². The molecule has 11 heteroatoms. The Hall–Kier alpha value is -0.890. The van der Waals surface area contributed by atoms with Crippen molar-refractivity contribution in [3.63, 3.8) is 0 Å². The molecular weight excluding hydrogens is 955 g/mol. The summed E-state index contributed by atoms with van der Waals surface area (Å²) in [6, 6.07) is -1.16. The highest BCUT2D eigenvalue weighted by Gasteiger charge is 2.44. The molecule has 0 aliphatic carbocycles. The highest BCUT2D eigenvalue weighted by Crippen LogP contribution is 2.24. The molecule has 1 amide bonds. The van der Waals surface area contributed by atoms with E-state index < -0.39 is 74.2 Å². The van der Waals surface area contributed by atoms with Crippen LogP contribution in [-0.4, -0.2) is 110 Å². The van der Waals surface area contributed by atoms with E-state index in [0.717, 1.165) is 38.5 Å². The monoisotopic (exact) mass is 1080 g/mol. The first-order chi connectivity index (χ1) is 37.2. The van der Waals surface area contributed by atoms with Crippen molar-refractivity contribution in [1.29, 1.82) is 0 Å². The van der Waals surface area contributed by atoms with Crippen LogP contribution in [0.2, 0.25) is 0 Å². The Labute approximate surface area is 469 Å². The highest BCUT2D eigenvalue weighted by atomic mass is 16.7. The average molecular weight is 1080 g/mol. The molecular formula is C65H129NO10. The minimum absolute atomic E-state index is 0.267. The predicted molar refractivity (Wildman–Crippen MR) is 316 cm³/mol. The van der Waals surface area contributed by atoms with E-state index in [-0.39, 0.29) is 6.42 Å². The van der Waals surface area contributed by atoms with Crippen molar-refractivity contribution in [2.45, 2.75) is 396 Å². The molecule has 76 heavy (non-hydrogen) atoms. The molecule has 0 spiro atoms. The summed E-state index contributed by atoms with van der Waals surface area (Å²) in [5.41, 5.74) is 0. The van der Waals surface area contributed by atoms with E-state index in [0.29, 0.717) is 19.3 Å². The summed E-state index contributed by atoms with van der Waals surface area (Å²) >= 11 is 0. The van der Waals surface area contributed by atoms with Gasteiger partial charge in [-0.15, -0.1) is 0 Å². The quantitative estimate of drug-likeness (QED) is 0.0272. The minimum atomic E-state index is -1.66. The molecule has 0 aromatic carbocycles. The van der Waals surface area contributed by atoms with Gasteiger partial charge in [0.1, 0.15) is 36.6 Å². The minimum Gasteiger partial charge on any atom is -0.394 e. The molecule has 1 aliphatic rings. The number of hydrogen-bond donors (Lipinski definition) is 8. The number of hydrogen-bond acceptors (Lipinski definition) is 10. The Morgan fingerprint density at radius 2 is 0.684 bits per heavy atom. The summed E-state index contributed by atoms with van der Waals surface area (Å²) in [6.45, 7) is 3.52. The van der Waals surface area contributed by atoms with Crippen LogP contribution in [0.3, 0.4) is 0 Å². The van der Waals surface area contributed by atoms with E-state index in [1.54, 1.807) is 0 Å². The van der Waals surface area contributed by atoms with Gasteiger partial charge in [0.15, 0.2) is 6.29 Å². The fourth-order valence-corrected chi connectivity index (χ4v) is 11.3. The van der Waals surface area contributed by atoms with E-state index in [9.17, 15) is 40.5 Å². The maximum atomic E-state index is 13.2. The predicted octanol–water partition coefficient (Wildman–Crippen LogP) is 15.3. The largest absolute Gasteiger partial charge is 0.394 e. The molecule has 9 unspecified atom stereocenters. The zero-order valence-corrected chi connectivity index (χ0v) is 50.0. The molecule has 1 saturated heterocycles. The summed E-state index contributed by atoms with van der Waals surface area (Å²) in [7, 11) is 0. The molecule has 0 radical (unpaired) electrons. The van der Waals surface area contributed by atoms with E-state index in [2.05, 4.69) is 19.2 Å². The second kappa shape index (κ2) is 54.7. The number of carbonyl (C=O) groups excluding carboxylic acids is 1. The summed E-state index contributed by atoms with van der Waals surface area (Å²) in [5, 5.41) is 76.5. The normalized spacial score (nSPS) is 19.5. The van der Waals surface area contributed by atoms with Crippen molar-refractivity contribution in [1.82, 2.24) is 5.32 Å². The van der Waals surface area contributed by atoms with Gasteiger partial charge in [0, 0.05) is 0 Å². The smallest absolute Gasteiger partial charge is 0.249 e. The Bertz CT molecular complexity index is 1200. The van der Waals surface area contributed by atoms with Crippen molar-refractivity contribution in [2.24, 2.45) is 0 Å². The Kier molecular flexibility index (Phi) is 52.6. The summed E-state index contributed by atoms with van der Waals surface area (Å²) in [5.74, 6) is -0.687. The molecule has 8 N–H and O–H groups in total. The third-order valence-corrected chi connectivity index (χ3v) is 16.7. The standard InChI is InChI=1S/C65H129NO10/c1-3-5-7-9-11-13-15-17-19-21-23-25-27-28-29-31-32-34-36-38-40-42-44-46-48-50-52-57(68)60(70)56(55-75-65-63(73)62(72)61(71)59(54-67)76-65)66-64(74)58(69)53-51-49-47-45-43-41-39-37-35-33-30-26-24-22-20-18-16-14-12-10-8-6-4-2/h56-63,65,67-73H,3-55H2,1-2H3,(H,66,74). The fourth-order valence-electron chi connectivity index (χ4n) is 11.3. The zero-order chi connectivity index (χ0) is 55.4. The second-order valence-electron chi connectivity index (χ2n) is 23.9. The summed E-state index contributed by atoms with van der Waals surface area (Å²) in [6.07, 6.45) is 53.1. The van der Waals surface area contributed by atoms with Crippen LogP contribution < -0.4 is 5.32 Å². The van der Waals surface area contributed by atoms with Crippen molar-refractivity contribution in [3.05, 3.63) is 0 Å². The van der Waals surface area contributed by atoms with Crippen molar-refractivity contribution >= 4 is 5.91 Å². The first-order valence-electron chi connectivity index (χ1n) is 33.4. The molecule has 1 aliphatic heterocycles. The lowest BCUT2D eigenvalue weighted by molar-refractivity contribution is -0.303. The molecule has 454 valence electrons. The number of unbranched alkanes of at least 4 members (excludes halogenated alkanes) is 47. The van der Waals surface area contributed by atoms with Gasteiger partial charge in [0.05, 0.1) is 25.4 Å². The van der Waals surface area contributed by atoms with Gasteiger partial charge >= 0.3 is 0 Å². The summed E-state index contributed by atoms with van der Waals surface area (Å²) in [4.78, 5) is 13.2. The molecule has 0 saturated carbocycles. The van der Waals surface area contributed by atoms with Gasteiger partial charge in [-0.05, 0) is 12.8 Å². The fraction of sp³-hybridized carbons (Fsp3) is 0.985. The zero-order valence-electron chi connectivity index (χ0n) is 50.0. The topological polar surface area (TPSA) is 189 Å². The third-order valence-electron chi connectivity index (χ3n) is 16.7. The molecule has 1 fully saturated rings. The van der Waals surface area contributed by atoms with Crippen LogP contribution in [0, 0.1) is 0 Å². The lowest BCUT2D eigenvalue weighted by Crippen LogP contribution is -2.60.